The van der Waals surface area contributed by atoms with Gasteiger partial charge in [-0.1, -0.05) is 31.2 Å². The fourth-order valence-corrected chi connectivity index (χ4v) is 2.58. The number of rotatable bonds is 4. The van der Waals surface area contributed by atoms with E-state index in [1.807, 2.05) is 24.3 Å². The zero-order valence-corrected chi connectivity index (χ0v) is 11.7. The number of carbonyl (C=O) groups is 2. The molecule has 1 amide bonds. The van der Waals surface area contributed by atoms with Crippen LogP contribution in [0.25, 0.3) is 0 Å². The first kappa shape index (κ1) is 14.5. The Bertz CT molecular complexity index is 514. The van der Waals surface area contributed by atoms with E-state index in [9.17, 15) is 14.7 Å². The molecule has 1 aromatic rings. The number of ether oxygens (including phenoxy) is 1. The van der Waals surface area contributed by atoms with Crippen molar-refractivity contribution in [3.05, 3.63) is 35.4 Å². The molecule has 2 rings (SSSR count). The van der Waals surface area contributed by atoms with Gasteiger partial charge in [0.05, 0.1) is 12.5 Å². The molecule has 2 atom stereocenters. The van der Waals surface area contributed by atoms with Crippen LogP contribution >= 0.6 is 0 Å². The summed E-state index contributed by atoms with van der Waals surface area (Å²) in [4.78, 5) is 25.3. The second-order valence-electron chi connectivity index (χ2n) is 5.15. The van der Waals surface area contributed by atoms with Crippen LogP contribution in [0.4, 0.5) is 0 Å². The molecule has 0 bridgehead atoms. The smallest absolute Gasteiger partial charge is 0.326 e. The van der Waals surface area contributed by atoms with E-state index in [-0.39, 0.29) is 11.8 Å². The minimum Gasteiger partial charge on any atom is -0.480 e. The van der Waals surface area contributed by atoms with Gasteiger partial charge in [-0.25, -0.2) is 4.79 Å². The number of nitrogens with zero attached hydrogens (tertiary/aromatic N) is 1. The van der Waals surface area contributed by atoms with Crippen LogP contribution in [-0.4, -0.2) is 41.6 Å². The van der Waals surface area contributed by atoms with Crippen molar-refractivity contribution in [1.82, 2.24) is 4.90 Å². The lowest BCUT2D eigenvalue weighted by atomic mass is 9.93. The van der Waals surface area contributed by atoms with E-state index in [0.717, 1.165) is 11.1 Å². The molecule has 0 aromatic heterocycles. The van der Waals surface area contributed by atoms with Crippen LogP contribution in [0.1, 0.15) is 18.1 Å². The molecule has 0 spiro atoms. The Hall–Kier alpha value is -1.88. The van der Waals surface area contributed by atoms with Crippen LogP contribution in [0.3, 0.4) is 0 Å². The van der Waals surface area contributed by atoms with E-state index in [2.05, 4.69) is 0 Å². The zero-order valence-electron chi connectivity index (χ0n) is 11.7. The molecule has 0 fully saturated rings. The van der Waals surface area contributed by atoms with Crippen molar-refractivity contribution in [2.24, 2.45) is 5.92 Å². The van der Waals surface area contributed by atoms with Crippen LogP contribution in [-0.2, 0) is 27.3 Å². The summed E-state index contributed by atoms with van der Waals surface area (Å²) in [6.07, 6.45) is 0.358. The summed E-state index contributed by atoms with van der Waals surface area (Å²) in [5.74, 6) is -1.47. The van der Waals surface area contributed by atoms with Gasteiger partial charge in [-0.15, -0.1) is 0 Å². The van der Waals surface area contributed by atoms with Crippen LogP contribution in [0, 0.1) is 5.92 Å². The van der Waals surface area contributed by atoms with Crippen molar-refractivity contribution in [1.29, 1.82) is 0 Å². The first-order valence-corrected chi connectivity index (χ1v) is 6.63. The Labute approximate surface area is 118 Å². The minimum absolute atomic E-state index is 0.172. The molecule has 1 heterocycles. The molecule has 0 saturated carbocycles. The first-order valence-electron chi connectivity index (χ1n) is 6.63. The molecule has 5 heteroatoms. The number of carboxylic acid groups (broad SMARTS) is 1. The highest BCUT2D eigenvalue weighted by Gasteiger charge is 2.36. The molecule has 0 radical (unpaired) electrons. The summed E-state index contributed by atoms with van der Waals surface area (Å²) in [5.41, 5.74) is 2.02. The lowest BCUT2D eigenvalue weighted by molar-refractivity contribution is -0.153. The van der Waals surface area contributed by atoms with E-state index in [1.54, 1.807) is 6.92 Å². The SMILES string of the molecule is COCC(C)C(=O)N1Cc2ccccc2CC1C(=O)O. The van der Waals surface area contributed by atoms with Gasteiger partial charge >= 0.3 is 5.97 Å². The Morgan fingerprint density at radius 3 is 2.65 bits per heavy atom. The fourth-order valence-electron chi connectivity index (χ4n) is 2.58. The van der Waals surface area contributed by atoms with E-state index < -0.39 is 12.0 Å². The third kappa shape index (κ3) is 2.82. The van der Waals surface area contributed by atoms with Gasteiger partial charge in [-0.05, 0) is 11.1 Å². The third-order valence-electron chi connectivity index (χ3n) is 3.65. The molecule has 1 aliphatic heterocycles. The number of benzene rings is 1. The van der Waals surface area contributed by atoms with E-state index in [1.165, 1.54) is 12.0 Å². The topological polar surface area (TPSA) is 66.8 Å². The number of methoxy groups -OCH3 is 1. The number of carbonyl (C=O) groups excluding carboxylic acids is 1. The summed E-state index contributed by atoms with van der Waals surface area (Å²) >= 11 is 0. The number of amides is 1. The Kier molecular flexibility index (Phi) is 4.39. The molecule has 2 unspecified atom stereocenters. The molecule has 1 N–H and O–H groups in total. The summed E-state index contributed by atoms with van der Waals surface area (Å²) in [6.45, 7) is 2.40. The van der Waals surface area contributed by atoms with Crippen LogP contribution in [0.15, 0.2) is 24.3 Å². The molecular weight excluding hydrogens is 258 g/mol. The van der Waals surface area contributed by atoms with E-state index in [0.29, 0.717) is 19.6 Å². The summed E-state index contributed by atoms with van der Waals surface area (Å²) in [7, 11) is 1.53. The number of fused-ring (bicyclic) bond motifs is 1. The first-order chi connectivity index (χ1) is 9.54. The Morgan fingerprint density at radius 1 is 1.40 bits per heavy atom. The molecule has 0 aliphatic carbocycles. The maximum atomic E-state index is 12.4. The van der Waals surface area contributed by atoms with Crippen molar-refractivity contribution >= 4 is 11.9 Å². The van der Waals surface area contributed by atoms with Gasteiger partial charge in [0.2, 0.25) is 5.91 Å². The van der Waals surface area contributed by atoms with Crippen molar-refractivity contribution in [2.75, 3.05) is 13.7 Å². The normalized spacial score (nSPS) is 19.3. The molecule has 0 saturated heterocycles. The van der Waals surface area contributed by atoms with Gasteiger partial charge in [0, 0.05) is 20.1 Å². The van der Waals surface area contributed by atoms with Gasteiger partial charge in [-0.2, -0.15) is 0 Å². The lowest BCUT2D eigenvalue weighted by Gasteiger charge is -2.35. The van der Waals surface area contributed by atoms with E-state index in [4.69, 9.17) is 4.74 Å². The molecule has 20 heavy (non-hydrogen) atoms. The second kappa shape index (κ2) is 6.05. The minimum atomic E-state index is -0.961. The average molecular weight is 277 g/mol. The van der Waals surface area contributed by atoms with Gasteiger partial charge in [0.1, 0.15) is 6.04 Å². The predicted molar refractivity (Wildman–Crippen MR) is 73.2 cm³/mol. The highest BCUT2D eigenvalue weighted by Crippen LogP contribution is 2.25. The highest BCUT2D eigenvalue weighted by molar-refractivity contribution is 5.85. The number of hydrogen-bond acceptors (Lipinski definition) is 3. The van der Waals surface area contributed by atoms with E-state index >= 15 is 0 Å². The fraction of sp³-hybridized carbons (Fsp3) is 0.467. The lowest BCUT2D eigenvalue weighted by Crippen LogP contribution is -2.50. The number of carboxylic acids is 1. The monoisotopic (exact) mass is 277 g/mol. The maximum absolute atomic E-state index is 12.4. The van der Waals surface area contributed by atoms with Crippen molar-refractivity contribution in [2.45, 2.75) is 25.9 Å². The molecule has 108 valence electrons. The van der Waals surface area contributed by atoms with Crippen molar-refractivity contribution < 1.29 is 19.4 Å². The highest BCUT2D eigenvalue weighted by atomic mass is 16.5. The largest absolute Gasteiger partial charge is 0.480 e. The molecule has 1 aromatic carbocycles. The van der Waals surface area contributed by atoms with Crippen molar-refractivity contribution in [3.8, 4) is 0 Å². The quantitative estimate of drug-likeness (QED) is 0.901. The third-order valence-corrected chi connectivity index (χ3v) is 3.65. The zero-order chi connectivity index (χ0) is 14.7. The average Bonchev–Trinajstić information content (AvgIpc) is 2.45. The van der Waals surface area contributed by atoms with Gasteiger partial charge in [0.25, 0.3) is 0 Å². The van der Waals surface area contributed by atoms with Crippen LogP contribution in [0.2, 0.25) is 0 Å². The number of hydrogen-bond donors (Lipinski definition) is 1. The summed E-state index contributed by atoms with van der Waals surface area (Å²) in [6, 6.07) is 6.86. The summed E-state index contributed by atoms with van der Waals surface area (Å²) in [5, 5.41) is 9.37. The Balaban J connectivity index is 2.26. The molecular formula is C15H19NO4. The van der Waals surface area contributed by atoms with Crippen LogP contribution < -0.4 is 0 Å². The van der Waals surface area contributed by atoms with Crippen molar-refractivity contribution in [3.63, 3.8) is 0 Å². The number of aliphatic carboxylic acids is 1. The standard InChI is InChI=1S/C15H19NO4/c1-10(9-20-2)14(17)16-8-12-6-4-3-5-11(12)7-13(16)15(18)19/h3-6,10,13H,7-9H2,1-2H3,(H,18,19). The maximum Gasteiger partial charge on any atom is 0.326 e. The molecule has 5 nitrogen and oxygen atoms in total. The Morgan fingerprint density at radius 2 is 2.05 bits per heavy atom. The van der Waals surface area contributed by atoms with Gasteiger partial charge in [-0.3, -0.25) is 4.79 Å². The second-order valence-corrected chi connectivity index (χ2v) is 5.15. The summed E-state index contributed by atoms with van der Waals surface area (Å²) < 4.78 is 4.99. The van der Waals surface area contributed by atoms with Gasteiger partial charge in [0.15, 0.2) is 0 Å². The van der Waals surface area contributed by atoms with Gasteiger partial charge < -0.3 is 14.7 Å². The predicted octanol–water partition coefficient (Wildman–Crippen LogP) is 1.31. The molecule has 1 aliphatic rings. The van der Waals surface area contributed by atoms with Crippen LogP contribution in [0.5, 0.6) is 0 Å².